The number of benzene rings is 2. The van der Waals surface area contributed by atoms with Gasteiger partial charge in [0.05, 0.1) is 12.2 Å². The van der Waals surface area contributed by atoms with Gasteiger partial charge < -0.3 is 4.57 Å². The molecule has 2 aromatic carbocycles. The van der Waals surface area contributed by atoms with Crippen molar-refractivity contribution in [2.45, 2.75) is 20.4 Å². The highest BCUT2D eigenvalue weighted by molar-refractivity contribution is 5.71. The summed E-state index contributed by atoms with van der Waals surface area (Å²) in [6, 6.07) is 17.0. The fourth-order valence-electron chi connectivity index (χ4n) is 3.53. The Morgan fingerprint density at radius 1 is 0.733 bits per heavy atom. The molecule has 0 fully saturated rings. The molecule has 3 heterocycles. The van der Waals surface area contributed by atoms with Gasteiger partial charge in [0.1, 0.15) is 12.0 Å². The Hall–Kier alpha value is -3.86. The molecule has 2 aliphatic heterocycles. The summed E-state index contributed by atoms with van der Waals surface area (Å²) >= 11 is 0. The number of rotatable bonds is 4. The summed E-state index contributed by atoms with van der Waals surface area (Å²) < 4.78 is 2.07. The van der Waals surface area contributed by atoms with Gasteiger partial charge in [-0.05, 0) is 42.2 Å². The quantitative estimate of drug-likeness (QED) is 0.424. The molecular formula is C25H21N5. The van der Waals surface area contributed by atoms with Crippen molar-refractivity contribution in [3.63, 3.8) is 0 Å². The van der Waals surface area contributed by atoms with Gasteiger partial charge in [-0.15, -0.1) is 0 Å². The Morgan fingerprint density at radius 3 is 2.20 bits per heavy atom. The van der Waals surface area contributed by atoms with Gasteiger partial charge in [-0.3, -0.25) is 0 Å². The SMILES string of the molecule is Cc1ccc(-c2ccc(-c3nc4ccn(Cc5cncnc5)cc-4n3)cc2)cc1C. The van der Waals surface area contributed by atoms with E-state index >= 15 is 0 Å². The average Bonchev–Trinajstić information content (AvgIpc) is 3.20. The molecule has 0 saturated carbocycles. The molecule has 0 aliphatic carbocycles. The number of nitrogens with zero attached hydrogens (tertiary/aromatic N) is 5. The van der Waals surface area contributed by atoms with E-state index in [2.05, 4.69) is 70.8 Å². The van der Waals surface area contributed by atoms with Crippen LogP contribution >= 0.6 is 0 Å². The fourth-order valence-corrected chi connectivity index (χ4v) is 3.53. The Kier molecular flexibility index (Phi) is 4.56. The zero-order chi connectivity index (χ0) is 20.5. The van der Waals surface area contributed by atoms with Crippen LogP contribution in [0.1, 0.15) is 16.7 Å². The Labute approximate surface area is 175 Å². The molecule has 0 unspecified atom stereocenters. The molecule has 146 valence electrons. The van der Waals surface area contributed by atoms with E-state index in [9.17, 15) is 0 Å². The van der Waals surface area contributed by atoms with Crippen LogP contribution in [0.4, 0.5) is 0 Å². The van der Waals surface area contributed by atoms with E-state index in [1.807, 2.05) is 30.9 Å². The van der Waals surface area contributed by atoms with E-state index in [-0.39, 0.29) is 0 Å². The van der Waals surface area contributed by atoms with Crippen molar-refractivity contribution >= 4 is 0 Å². The van der Waals surface area contributed by atoms with E-state index in [0.717, 1.165) is 28.3 Å². The summed E-state index contributed by atoms with van der Waals surface area (Å²) in [5, 5.41) is 0. The molecule has 30 heavy (non-hydrogen) atoms. The number of aromatic nitrogens is 5. The Bertz CT molecular complexity index is 1270. The first-order chi connectivity index (χ1) is 14.7. The number of hydrogen-bond donors (Lipinski definition) is 0. The fraction of sp³-hybridized carbons (Fsp3) is 0.120. The highest BCUT2D eigenvalue weighted by atomic mass is 15.0. The molecule has 5 rings (SSSR count). The zero-order valence-corrected chi connectivity index (χ0v) is 16.9. The number of fused-ring (bicyclic) bond motifs is 1. The van der Waals surface area contributed by atoms with Crippen molar-refractivity contribution in [3.8, 4) is 33.9 Å². The first-order valence-electron chi connectivity index (χ1n) is 9.91. The van der Waals surface area contributed by atoms with Crippen LogP contribution in [0.2, 0.25) is 0 Å². The summed E-state index contributed by atoms with van der Waals surface area (Å²) in [5.74, 6) is 0.748. The smallest absolute Gasteiger partial charge is 0.160 e. The Morgan fingerprint density at radius 2 is 1.43 bits per heavy atom. The topological polar surface area (TPSA) is 56.5 Å². The molecule has 0 spiro atoms. The highest BCUT2D eigenvalue weighted by Crippen LogP contribution is 2.28. The second-order valence-electron chi connectivity index (χ2n) is 7.56. The largest absolute Gasteiger partial charge is 0.347 e. The minimum atomic E-state index is 0.698. The van der Waals surface area contributed by atoms with E-state index in [0.29, 0.717) is 6.54 Å². The molecule has 5 nitrogen and oxygen atoms in total. The maximum atomic E-state index is 4.75. The van der Waals surface area contributed by atoms with E-state index in [1.54, 1.807) is 0 Å². The molecule has 2 aliphatic rings. The summed E-state index contributed by atoms with van der Waals surface area (Å²) in [6.45, 7) is 4.98. The molecule has 5 heteroatoms. The minimum absolute atomic E-state index is 0.698. The summed E-state index contributed by atoms with van der Waals surface area (Å²) in [4.78, 5) is 17.6. The molecular weight excluding hydrogens is 370 g/mol. The van der Waals surface area contributed by atoms with Gasteiger partial charge in [0, 0.05) is 35.9 Å². The third-order valence-electron chi connectivity index (χ3n) is 5.39. The van der Waals surface area contributed by atoms with Crippen molar-refractivity contribution < 1.29 is 0 Å². The van der Waals surface area contributed by atoms with Gasteiger partial charge in [-0.2, -0.15) is 0 Å². The lowest BCUT2D eigenvalue weighted by Gasteiger charge is -2.07. The van der Waals surface area contributed by atoms with Crippen LogP contribution < -0.4 is 0 Å². The third-order valence-corrected chi connectivity index (χ3v) is 5.39. The molecule has 0 bridgehead atoms. The van der Waals surface area contributed by atoms with Crippen molar-refractivity contribution in [1.82, 2.24) is 24.5 Å². The van der Waals surface area contributed by atoms with Crippen LogP contribution in [0.3, 0.4) is 0 Å². The highest BCUT2D eigenvalue weighted by Gasteiger charge is 2.13. The molecule has 0 saturated heterocycles. The van der Waals surface area contributed by atoms with Gasteiger partial charge in [0.2, 0.25) is 0 Å². The first kappa shape index (κ1) is 18.2. The molecule has 0 radical (unpaired) electrons. The van der Waals surface area contributed by atoms with Crippen molar-refractivity contribution in [1.29, 1.82) is 0 Å². The van der Waals surface area contributed by atoms with Crippen LogP contribution in [0.15, 0.2) is 79.6 Å². The number of imidazole rings is 1. The average molecular weight is 391 g/mol. The van der Waals surface area contributed by atoms with Gasteiger partial charge in [-0.25, -0.2) is 19.9 Å². The molecule has 0 amide bonds. The second-order valence-corrected chi connectivity index (χ2v) is 7.56. The van der Waals surface area contributed by atoms with Gasteiger partial charge in [0.15, 0.2) is 5.82 Å². The molecule has 0 N–H and O–H groups in total. The predicted molar refractivity (Wildman–Crippen MR) is 118 cm³/mol. The lowest BCUT2D eigenvalue weighted by molar-refractivity contribution is 0.780. The summed E-state index contributed by atoms with van der Waals surface area (Å²) in [5.41, 5.74) is 8.86. The third kappa shape index (κ3) is 3.57. The van der Waals surface area contributed by atoms with Gasteiger partial charge >= 0.3 is 0 Å². The first-order valence-corrected chi connectivity index (χ1v) is 9.91. The summed E-state index contributed by atoms with van der Waals surface area (Å²) in [6.07, 6.45) is 9.21. The van der Waals surface area contributed by atoms with Crippen LogP contribution in [0.5, 0.6) is 0 Å². The van der Waals surface area contributed by atoms with Crippen LogP contribution in [-0.2, 0) is 6.54 Å². The number of pyridine rings is 1. The Balaban J connectivity index is 1.42. The lowest BCUT2D eigenvalue weighted by atomic mass is 9.99. The lowest BCUT2D eigenvalue weighted by Crippen LogP contribution is -2.01. The van der Waals surface area contributed by atoms with Crippen molar-refractivity contribution in [2.75, 3.05) is 0 Å². The number of aryl methyl sites for hydroxylation is 2. The van der Waals surface area contributed by atoms with Gasteiger partial charge in [0.25, 0.3) is 0 Å². The maximum Gasteiger partial charge on any atom is 0.160 e. The van der Waals surface area contributed by atoms with Crippen molar-refractivity contribution in [2.24, 2.45) is 0 Å². The van der Waals surface area contributed by atoms with Crippen LogP contribution in [0, 0.1) is 13.8 Å². The zero-order valence-electron chi connectivity index (χ0n) is 16.9. The van der Waals surface area contributed by atoms with Gasteiger partial charge in [-0.1, -0.05) is 42.5 Å². The minimum Gasteiger partial charge on any atom is -0.347 e. The summed E-state index contributed by atoms with van der Waals surface area (Å²) in [7, 11) is 0. The molecule has 0 atom stereocenters. The normalized spacial score (nSPS) is 11.1. The molecule has 3 aromatic rings. The van der Waals surface area contributed by atoms with E-state index in [4.69, 9.17) is 9.97 Å². The second kappa shape index (κ2) is 7.52. The monoisotopic (exact) mass is 391 g/mol. The predicted octanol–water partition coefficient (Wildman–Crippen LogP) is 5.17. The standard InChI is InChI=1S/C25H21N5/c1-17-3-4-22(11-18(17)2)20-5-7-21(8-6-20)25-28-23-9-10-30(15-24(23)29-25)14-19-12-26-16-27-13-19/h3-13,15-16H,14H2,1-2H3. The number of hydrogen-bond acceptors (Lipinski definition) is 4. The van der Waals surface area contributed by atoms with E-state index in [1.165, 1.54) is 28.6 Å². The van der Waals surface area contributed by atoms with Crippen LogP contribution in [0.25, 0.3) is 33.9 Å². The van der Waals surface area contributed by atoms with Crippen LogP contribution in [-0.4, -0.2) is 24.5 Å². The van der Waals surface area contributed by atoms with E-state index < -0.39 is 0 Å². The molecule has 1 aromatic heterocycles. The maximum absolute atomic E-state index is 4.75. The van der Waals surface area contributed by atoms with Crippen molar-refractivity contribution in [3.05, 3.63) is 96.3 Å².